The van der Waals surface area contributed by atoms with Crippen LogP contribution in [0.5, 0.6) is 0 Å². The molecule has 0 radical (unpaired) electrons. The lowest BCUT2D eigenvalue weighted by Crippen LogP contribution is -2.48. The average Bonchev–Trinajstić information content (AvgIpc) is 2.41. The third kappa shape index (κ3) is 3.05. The van der Waals surface area contributed by atoms with Gasteiger partial charge in [0.05, 0.1) is 5.71 Å². The summed E-state index contributed by atoms with van der Waals surface area (Å²) < 4.78 is 36.3. The van der Waals surface area contributed by atoms with E-state index in [1.165, 1.54) is 0 Å². The number of hydrogen-bond donors (Lipinski definition) is 1. The minimum absolute atomic E-state index is 0.264. The highest BCUT2D eigenvalue weighted by Gasteiger charge is 2.44. The second kappa shape index (κ2) is 5.19. The highest BCUT2D eigenvalue weighted by Crippen LogP contribution is 2.18. The first-order chi connectivity index (χ1) is 9.38. The van der Waals surface area contributed by atoms with E-state index in [0.29, 0.717) is 5.56 Å². The van der Waals surface area contributed by atoms with Crippen molar-refractivity contribution < 1.29 is 27.6 Å². The number of carbonyl (C=O) groups excluding carboxylic acids is 2. The molecule has 1 aromatic rings. The Morgan fingerprint density at radius 3 is 2.55 bits per heavy atom. The van der Waals surface area contributed by atoms with Crippen molar-refractivity contribution in [3.63, 3.8) is 0 Å². The number of alkyl halides is 3. The Morgan fingerprint density at radius 1 is 1.30 bits per heavy atom. The molecule has 9 heteroatoms. The van der Waals surface area contributed by atoms with Crippen LogP contribution in [0.2, 0.25) is 0 Å². The molecule has 6 nitrogen and oxygen atoms in total. The van der Waals surface area contributed by atoms with Gasteiger partial charge in [-0.05, 0) is 5.56 Å². The summed E-state index contributed by atoms with van der Waals surface area (Å²) in [6.45, 7) is -0.377. The van der Waals surface area contributed by atoms with Gasteiger partial charge in [0.25, 0.3) is 0 Å². The van der Waals surface area contributed by atoms with Crippen LogP contribution in [0.3, 0.4) is 0 Å². The molecule has 0 atom stereocenters. The summed E-state index contributed by atoms with van der Waals surface area (Å²) in [6.07, 6.45) is -5.18. The van der Waals surface area contributed by atoms with Gasteiger partial charge in [0, 0.05) is 0 Å². The summed E-state index contributed by atoms with van der Waals surface area (Å²) in [5, 5.41) is 3.97. The molecule has 0 bridgehead atoms. The van der Waals surface area contributed by atoms with Gasteiger partial charge in [0.2, 0.25) is 0 Å². The molecule has 0 saturated carbocycles. The molecule has 0 unspecified atom stereocenters. The lowest BCUT2D eigenvalue weighted by molar-refractivity contribution is -0.226. The molecule has 20 heavy (non-hydrogen) atoms. The number of urea groups is 1. The number of amides is 2. The Bertz CT molecular complexity index is 557. The molecule has 1 aliphatic heterocycles. The molecule has 1 heterocycles. The van der Waals surface area contributed by atoms with E-state index in [1.807, 2.05) is 5.43 Å². The van der Waals surface area contributed by atoms with Crippen LogP contribution in [0.15, 0.2) is 35.4 Å². The molecule has 0 aliphatic carbocycles. The summed E-state index contributed by atoms with van der Waals surface area (Å²) in [5.41, 5.74) is 2.82. The summed E-state index contributed by atoms with van der Waals surface area (Å²) in [4.78, 5) is 26.0. The summed E-state index contributed by atoms with van der Waals surface area (Å²) in [6, 6.07) is 7.38. The number of hydroxylamine groups is 2. The van der Waals surface area contributed by atoms with Gasteiger partial charge in [-0.2, -0.15) is 18.3 Å². The first-order valence-corrected chi connectivity index (χ1v) is 5.36. The maximum Gasteiger partial charge on any atom is 0.493 e. The SMILES string of the molecule is O=C1NN=C(c2ccccc2)CN1OC(=O)C(F)(F)F. The van der Waals surface area contributed by atoms with E-state index in [2.05, 4.69) is 9.94 Å². The molecule has 1 N–H and O–H groups in total. The molecule has 0 saturated heterocycles. The fraction of sp³-hybridized carbons (Fsp3) is 0.182. The van der Waals surface area contributed by atoms with E-state index in [1.54, 1.807) is 30.3 Å². The largest absolute Gasteiger partial charge is 0.493 e. The van der Waals surface area contributed by atoms with Crippen molar-refractivity contribution in [2.24, 2.45) is 5.10 Å². The number of hydrazone groups is 1. The molecule has 0 aromatic heterocycles. The smallest absolute Gasteiger partial charge is 0.328 e. The Morgan fingerprint density at radius 2 is 1.95 bits per heavy atom. The Kier molecular flexibility index (Phi) is 3.59. The van der Waals surface area contributed by atoms with Gasteiger partial charge >= 0.3 is 18.2 Å². The van der Waals surface area contributed by atoms with E-state index in [-0.39, 0.29) is 17.3 Å². The lowest BCUT2D eigenvalue weighted by Gasteiger charge is -2.25. The van der Waals surface area contributed by atoms with Crippen LogP contribution in [0, 0.1) is 0 Å². The van der Waals surface area contributed by atoms with Gasteiger partial charge in [-0.25, -0.2) is 15.0 Å². The first-order valence-electron chi connectivity index (χ1n) is 5.36. The quantitative estimate of drug-likeness (QED) is 0.894. The van der Waals surface area contributed by atoms with Crippen LogP contribution >= 0.6 is 0 Å². The van der Waals surface area contributed by atoms with Crippen LogP contribution < -0.4 is 5.43 Å². The van der Waals surface area contributed by atoms with Gasteiger partial charge < -0.3 is 4.84 Å². The standard InChI is InChI=1S/C11H8F3N3O3/c12-11(13,14)9(18)20-17-6-8(15-16-10(17)19)7-4-2-1-3-5-7/h1-5H,6H2,(H,16,19). The van der Waals surface area contributed by atoms with Crippen molar-refractivity contribution in [2.75, 3.05) is 6.54 Å². The molecule has 1 aliphatic rings. The van der Waals surface area contributed by atoms with Gasteiger partial charge in [-0.3, -0.25) is 0 Å². The number of benzene rings is 1. The van der Waals surface area contributed by atoms with Crippen molar-refractivity contribution in [3.8, 4) is 0 Å². The summed E-state index contributed by atoms with van der Waals surface area (Å²) >= 11 is 0. The molecule has 2 rings (SSSR count). The zero-order valence-corrected chi connectivity index (χ0v) is 9.85. The average molecular weight is 287 g/mol. The molecule has 0 fully saturated rings. The van der Waals surface area contributed by atoms with E-state index in [9.17, 15) is 22.8 Å². The molecule has 1 aromatic carbocycles. The van der Waals surface area contributed by atoms with Crippen molar-refractivity contribution in [1.29, 1.82) is 0 Å². The second-order valence-corrected chi connectivity index (χ2v) is 3.75. The van der Waals surface area contributed by atoms with Crippen LogP contribution in [0.1, 0.15) is 5.56 Å². The maximum absolute atomic E-state index is 12.1. The molecular formula is C11H8F3N3O3. The van der Waals surface area contributed by atoms with Crippen molar-refractivity contribution >= 4 is 17.7 Å². The highest BCUT2D eigenvalue weighted by atomic mass is 19.4. The topological polar surface area (TPSA) is 71.0 Å². The molecular weight excluding hydrogens is 279 g/mol. The third-order valence-electron chi connectivity index (χ3n) is 2.34. The lowest BCUT2D eigenvalue weighted by atomic mass is 10.1. The number of hydrogen-bond acceptors (Lipinski definition) is 4. The van der Waals surface area contributed by atoms with Gasteiger partial charge in [0.1, 0.15) is 6.54 Å². The predicted octanol–water partition coefficient (Wildman–Crippen LogP) is 1.44. The molecule has 0 spiro atoms. The van der Waals surface area contributed by atoms with Crippen LogP contribution in [-0.4, -0.2) is 35.5 Å². The van der Waals surface area contributed by atoms with Gasteiger partial charge in [0.15, 0.2) is 0 Å². The number of rotatable bonds is 2. The monoisotopic (exact) mass is 287 g/mol. The second-order valence-electron chi connectivity index (χ2n) is 3.75. The van der Waals surface area contributed by atoms with E-state index in [0.717, 1.165) is 0 Å². The fourth-order valence-corrected chi connectivity index (χ4v) is 1.43. The fourth-order valence-electron chi connectivity index (χ4n) is 1.43. The van der Waals surface area contributed by atoms with Crippen LogP contribution in [0.25, 0.3) is 0 Å². The highest BCUT2D eigenvalue weighted by molar-refractivity contribution is 6.05. The summed E-state index contributed by atoms with van der Waals surface area (Å²) in [5.74, 6) is -2.47. The van der Waals surface area contributed by atoms with Crippen molar-refractivity contribution in [2.45, 2.75) is 6.18 Å². The zero-order valence-electron chi connectivity index (χ0n) is 9.85. The number of nitrogens with zero attached hydrogens (tertiary/aromatic N) is 2. The number of nitrogens with one attached hydrogen (secondary N) is 1. The van der Waals surface area contributed by atoms with E-state index >= 15 is 0 Å². The predicted molar refractivity (Wildman–Crippen MR) is 60.4 cm³/mol. The Balaban J connectivity index is 2.12. The molecule has 2 amide bonds. The van der Waals surface area contributed by atoms with Gasteiger partial charge in [-0.1, -0.05) is 30.3 Å². The normalized spacial score (nSPS) is 15.4. The Hall–Kier alpha value is -2.58. The zero-order chi connectivity index (χ0) is 14.8. The summed E-state index contributed by atoms with van der Waals surface area (Å²) in [7, 11) is 0. The van der Waals surface area contributed by atoms with Gasteiger partial charge in [-0.15, -0.1) is 5.06 Å². The van der Waals surface area contributed by atoms with E-state index in [4.69, 9.17) is 0 Å². The third-order valence-corrected chi connectivity index (χ3v) is 2.34. The minimum atomic E-state index is -5.18. The van der Waals surface area contributed by atoms with Crippen molar-refractivity contribution in [1.82, 2.24) is 10.5 Å². The first kappa shape index (κ1) is 13.8. The number of halogens is 3. The number of carbonyl (C=O) groups is 2. The molecule has 106 valence electrons. The van der Waals surface area contributed by atoms with Crippen LogP contribution in [-0.2, 0) is 9.63 Å². The van der Waals surface area contributed by atoms with Crippen molar-refractivity contribution in [3.05, 3.63) is 35.9 Å². The maximum atomic E-state index is 12.1. The Labute approximate surface area is 110 Å². The van der Waals surface area contributed by atoms with Crippen LogP contribution in [0.4, 0.5) is 18.0 Å². The minimum Gasteiger partial charge on any atom is -0.328 e. The van der Waals surface area contributed by atoms with E-state index < -0.39 is 18.2 Å².